The van der Waals surface area contributed by atoms with Gasteiger partial charge in [0.2, 0.25) is 0 Å². The van der Waals surface area contributed by atoms with E-state index in [4.69, 9.17) is 10.9 Å². The van der Waals surface area contributed by atoms with E-state index in [2.05, 4.69) is 4.90 Å². The van der Waals surface area contributed by atoms with Crippen molar-refractivity contribution in [3.05, 3.63) is 0 Å². The SMILES string of the molecule is NN1C[C@@H]2CN(CCCO)C[C@@H]2C1. The fourth-order valence-electron chi connectivity index (χ4n) is 2.60. The van der Waals surface area contributed by atoms with Crippen LogP contribution in [0.25, 0.3) is 0 Å². The van der Waals surface area contributed by atoms with Gasteiger partial charge in [-0.3, -0.25) is 5.84 Å². The van der Waals surface area contributed by atoms with Crippen molar-refractivity contribution in [1.29, 1.82) is 0 Å². The van der Waals surface area contributed by atoms with Crippen LogP contribution in [0, 0.1) is 11.8 Å². The summed E-state index contributed by atoms with van der Waals surface area (Å²) in [5.74, 6) is 7.31. The van der Waals surface area contributed by atoms with E-state index in [1.165, 1.54) is 13.1 Å². The molecule has 2 atom stereocenters. The van der Waals surface area contributed by atoms with Crippen LogP contribution in [0.1, 0.15) is 6.42 Å². The molecule has 4 heteroatoms. The molecular weight excluding hydrogens is 166 g/mol. The van der Waals surface area contributed by atoms with Gasteiger partial charge in [-0.25, -0.2) is 5.01 Å². The molecule has 0 unspecified atom stereocenters. The quantitative estimate of drug-likeness (QED) is 0.560. The van der Waals surface area contributed by atoms with Crippen molar-refractivity contribution in [3.8, 4) is 0 Å². The minimum absolute atomic E-state index is 0.314. The van der Waals surface area contributed by atoms with Crippen LogP contribution >= 0.6 is 0 Å². The molecule has 0 aliphatic carbocycles. The van der Waals surface area contributed by atoms with Crippen LogP contribution in [0.4, 0.5) is 0 Å². The second-order valence-electron chi connectivity index (χ2n) is 4.31. The lowest BCUT2D eigenvalue weighted by Crippen LogP contribution is -2.33. The normalized spacial score (nSPS) is 35.5. The van der Waals surface area contributed by atoms with Crippen LogP contribution in [0.3, 0.4) is 0 Å². The van der Waals surface area contributed by atoms with Gasteiger partial charge in [-0.2, -0.15) is 0 Å². The number of aliphatic hydroxyl groups is 1. The van der Waals surface area contributed by atoms with Gasteiger partial charge in [0, 0.05) is 39.3 Å². The maximum absolute atomic E-state index is 8.72. The van der Waals surface area contributed by atoms with Gasteiger partial charge in [0.05, 0.1) is 0 Å². The third-order valence-electron chi connectivity index (χ3n) is 3.22. The molecule has 4 nitrogen and oxygen atoms in total. The van der Waals surface area contributed by atoms with Gasteiger partial charge < -0.3 is 10.0 Å². The summed E-state index contributed by atoms with van der Waals surface area (Å²) >= 11 is 0. The minimum Gasteiger partial charge on any atom is -0.396 e. The molecule has 2 fully saturated rings. The zero-order chi connectivity index (χ0) is 9.26. The molecule has 0 spiro atoms. The summed E-state index contributed by atoms with van der Waals surface area (Å²) in [5, 5.41) is 10.7. The average molecular weight is 185 g/mol. The third kappa shape index (κ3) is 2.02. The van der Waals surface area contributed by atoms with Crippen LogP contribution in [0.5, 0.6) is 0 Å². The molecule has 2 aliphatic rings. The Morgan fingerprint density at radius 2 is 1.77 bits per heavy atom. The molecule has 0 bridgehead atoms. The second-order valence-corrected chi connectivity index (χ2v) is 4.31. The minimum atomic E-state index is 0.314. The molecule has 0 radical (unpaired) electrons. The number of nitrogens with zero attached hydrogens (tertiary/aromatic N) is 2. The molecule has 2 heterocycles. The van der Waals surface area contributed by atoms with Gasteiger partial charge in [0.1, 0.15) is 0 Å². The summed E-state index contributed by atoms with van der Waals surface area (Å²) in [5.41, 5.74) is 0. The Morgan fingerprint density at radius 1 is 1.15 bits per heavy atom. The zero-order valence-electron chi connectivity index (χ0n) is 8.02. The number of hydrogen-bond acceptors (Lipinski definition) is 4. The van der Waals surface area contributed by atoms with E-state index in [9.17, 15) is 0 Å². The van der Waals surface area contributed by atoms with E-state index < -0.39 is 0 Å². The van der Waals surface area contributed by atoms with Crippen LogP contribution < -0.4 is 5.84 Å². The van der Waals surface area contributed by atoms with Crippen molar-refractivity contribution in [2.45, 2.75) is 6.42 Å². The highest BCUT2D eigenvalue weighted by Gasteiger charge is 2.38. The summed E-state index contributed by atoms with van der Waals surface area (Å²) < 4.78 is 0. The van der Waals surface area contributed by atoms with E-state index in [1.54, 1.807) is 0 Å². The lowest BCUT2D eigenvalue weighted by atomic mass is 10.0. The first-order chi connectivity index (χ1) is 6.29. The number of hydrogen-bond donors (Lipinski definition) is 2. The third-order valence-corrected chi connectivity index (χ3v) is 3.22. The van der Waals surface area contributed by atoms with Crippen molar-refractivity contribution in [2.75, 3.05) is 39.3 Å². The molecular formula is C9H19N3O. The van der Waals surface area contributed by atoms with E-state index in [0.717, 1.165) is 37.9 Å². The van der Waals surface area contributed by atoms with Crippen molar-refractivity contribution >= 4 is 0 Å². The number of likely N-dealkylation sites (tertiary alicyclic amines) is 1. The number of fused-ring (bicyclic) bond motifs is 1. The highest BCUT2D eigenvalue weighted by Crippen LogP contribution is 2.29. The van der Waals surface area contributed by atoms with Crippen LogP contribution in [-0.4, -0.2) is 54.3 Å². The molecule has 2 saturated heterocycles. The summed E-state index contributed by atoms with van der Waals surface area (Å²) in [6.45, 7) is 5.83. The first kappa shape index (κ1) is 9.40. The molecule has 0 aromatic rings. The van der Waals surface area contributed by atoms with Gasteiger partial charge in [-0.1, -0.05) is 0 Å². The van der Waals surface area contributed by atoms with Gasteiger partial charge in [0.25, 0.3) is 0 Å². The number of nitrogens with two attached hydrogens (primary N) is 1. The summed E-state index contributed by atoms with van der Waals surface area (Å²) in [4.78, 5) is 2.46. The van der Waals surface area contributed by atoms with Crippen LogP contribution in [0.15, 0.2) is 0 Å². The first-order valence-electron chi connectivity index (χ1n) is 5.12. The maximum atomic E-state index is 8.72. The van der Waals surface area contributed by atoms with Gasteiger partial charge in [-0.05, 0) is 18.3 Å². The molecule has 2 rings (SSSR count). The monoisotopic (exact) mass is 185 g/mol. The van der Waals surface area contributed by atoms with Crippen LogP contribution in [-0.2, 0) is 0 Å². The predicted molar refractivity (Wildman–Crippen MR) is 50.9 cm³/mol. The number of aliphatic hydroxyl groups excluding tert-OH is 1. The Bertz CT molecular complexity index is 162. The van der Waals surface area contributed by atoms with Crippen LogP contribution in [0.2, 0.25) is 0 Å². The Morgan fingerprint density at radius 3 is 2.31 bits per heavy atom. The van der Waals surface area contributed by atoms with E-state index in [0.29, 0.717) is 6.61 Å². The van der Waals surface area contributed by atoms with Crippen molar-refractivity contribution in [3.63, 3.8) is 0 Å². The molecule has 0 aromatic heterocycles. The molecule has 76 valence electrons. The highest BCUT2D eigenvalue weighted by atomic mass is 16.3. The van der Waals surface area contributed by atoms with Gasteiger partial charge >= 0.3 is 0 Å². The topological polar surface area (TPSA) is 52.7 Å². The molecule has 3 N–H and O–H groups in total. The molecule has 13 heavy (non-hydrogen) atoms. The fraction of sp³-hybridized carbons (Fsp3) is 1.00. The predicted octanol–water partition coefficient (Wildman–Crippen LogP) is -0.894. The van der Waals surface area contributed by atoms with Crippen molar-refractivity contribution in [1.82, 2.24) is 9.91 Å². The molecule has 0 amide bonds. The number of hydrazine groups is 1. The van der Waals surface area contributed by atoms with Gasteiger partial charge in [0.15, 0.2) is 0 Å². The largest absolute Gasteiger partial charge is 0.396 e. The number of rotatable bonds is 3. The lowest BCUT2D eigenvalue weighted by Gasteiger charge is -2.17. The van der Waals surface area contributed by atoms with Crippen molar-refractivity contribution < 1.29 is 5.11 Å². The Hall–Kier alpha value is -0.160. The molecule has 0 aromatic carbocycles. The summed E-state index contributed by atoms with van der Waals surface area (Å²) in [6, 6.07) is 0. The Labute approximate surface area is 79.3 Å². The maximum Gasteiger partial charge on any atom is 0.0443 e. The second kappa shape index (κ2) is 3.92. The van der Waals surface area contributed by atoms with Crippen molar-refractivity contribution in [2.24, 2.45) is 17.7 Å². The zero-order valence-corrected chi connectivity index (χ0v) is 8.02. The summed E-state index contributed by atoms with van der Waals surface area (Å²) in [6.07, 6.45) is 0.909. The highest BCUT2D eigenvalue weighted by molar-refractivity contribution is 4.91. The Kier molecular flexibility index (Phi) is 2.83. The summed E-state index contributed by atoms with van der Waals surface area (Å²) in [7, 11) is 0. The molecule has 0 saturated carbocycles. The lowest BCUT2D eigenvalue weighted by molar-refractivity contribution is 0.225. The van der Waals surface area contributed by atoms with E-state index in [1.807, 2.05) is 5.01 Å². The Balaban J connectivity index is 1.77. The average Bonchev–Trinajstić information content (AvgIpc) is 2.57. The smallest absolute Gasteiger partial charge is 0.0443 e. The molecule has 2 aliphatic heterocycles. The fourth-order valence-corrected chi connectivity index (χ4v) is 2.60. The van der Waals surface area contributed by atoms with E-state index in [-0.39, 0.29) is 0 Å². The van der Waals surface area contributed by atoms with Gasteiger partial charge in [-0.15, -0.1) is 0 Å². The standard InChI is InChI=1S/C9H19N3O/c10-12-6-8-4-11(2-1-3-13)5-9(8)7-12/h8-9,13H,1-7,10H2/t8-,9+. The first-order valence-corrected chi connectivity index (χ1v) is 5.12. The van der Waals surface area contributed by atoms with E-state index >= 15 is 0 Å².